The van der Waals surface area contributed by atoms with Crippen LogP contribution in [0.5, 0.6) is 5.75 Å². The number of ether oxygens (including phenoxy) is 1. The first-order valence-corrected chi connectivity index (χ1v) is 7.98. The van der Waals surface area contributed by atoms with Gasteiger partial charge in [0.15, 0.2) is 6.10 Å². The fraction of sp³-hybridized carbons (Fsp3) is 0.316. The Morgan fingerprint density at radius 2 is 1.74 bits per heavy atom. The molecule has 2 aromatic rings. The quantitative estimate of drug-likeness (QED) is 0.813. The monoisotopic (exact) mass is 331 g/mol. The molecule has 4 heteroatoms. The van der Waals surface area contributed by atoms with Crippen molar-refractivity contribution >= 4 is 17.5 Å². The summed E-state index contributed by atoms with van der Waals surface area (Å²) in [4.78, 5) is 14.1. The van der Waals surface area contributed by atoms with Crippen LogP contribution in [0.3, 0.4) is 0 Å². The standard InChI is InChI=1S/C19H22ClNO2/c1-13-10-17(11-14(2)18(13)20)23-15(3)19(22)21(4)12-16-8-6-5-7-9-16/h5-11,15H,12H2,1-4H3. The Kier molecular flexibility index (Phi) is 5.67. The molecule has 2 rings (SSSR count). The average Bonchev–Trinajstić information content (AvgIpc) is 2.52. The minimum absolute atomic E-state index is 0.0564. The van der Waals surface area contributed by atoms with Crippen LogP contribution in [-0.2, 0) is 11.3 Å². The van der Waals surface area contributed by atoms with E-state index in [0.717, 1.165) is 21.7 Å². The molecule has 0 N–H and O–H groups in total. The molecule has 23 heavy (non-hydrogen) atoms. The molecule has 0 aromatic heterocycles. The molecular weight excluding hydrogens is 310 g/mol. The number of halogens is 1. The number of rotatable bonds is 5. The van der Waals surface area contributed by atoms with Crippen molar-refractivity contribution in [2.24, 2.45) is 0 Å². The third-order valence-electron chi connectivity index (χ3n) is 3.71. The Morgan fingerprint density at radius 3 is 2.30 bits per heavy atom. The van der Waals surface area contributed by atoms with E-state index in [1.165, 1.54) is 0 Å². The van der Waals surface area contributed by atoms with Crippen molar-refractivity contribution in [3.05, 3.63) is 64.2 Å². The van der Waals surface area contributed by atoms with E-state index < -0.39 is 6.10 Å². The Labute approximate surface area is 142 Å². The molecule has 3 nitrogen and oxygen atoms in total. The van der Waals surface area contributed by atoms with Crippen molar-refractivity contribution < 1.29 is 9.53 Å². The van der Waals surface area contributed by atoms with Crippen LogP contribution in [0.25, 0.3) is 0 Å². The number of hydrogen-bond donors (Lipinski definition) is 0. The lowest BCUT2D eigenvalue weighted by Crippen LogP contribution is -2.37. The van der Waals surface area contributed by atoms with Crippen molar-refractivity contribution in [1.29, 1.82) is 0 Å². The van der Waals surface area contributed by atoms with Gasteiger partial charge in [0.2, 0.25) is 0 Å². The third kappa shape index (κ3) is 4.49. The number of carbonyl (C=O) groups is 1. The Hall–Kier alpha value is -2.00. The van der Waals surface area contributed by atoms with Crippen molar-refractivity contribution in [3.8, 4) is 5.75 Å². The maximum Gasteiger partial charge on any atom is 0.263 e. The minimum atomic E-state index is -0.552. The summed E-state index contributed by atoms with van der Waals surface area (Å²) in [6, 6.07) is 13.6. The van der Waals surface area contributed by atoms with E-state index in [-0.39, 0.29) is 5.91 Å². The van der Waals surface area contributed by atoms with E-state index in [2.05, 4.69) is 0 Å². The van der Waals surface area contributed by atoms with Crippen molar-refractivity contribution in [2.45, 2.75) is 33.4 Å². The van der Waals surface area contributed by atoms with Gasteiger partial charge in [0.25, 0.3) is 5.91 Å². The van der Waals surface area contributed by atoms with Gasteiger partial charge in [-0.05, 0) is 49.6 Å². The zero-order valence-electron chi connectivity index (χ0n) is 14.0. The lowest BCUT2D eigenvalue weighted by molar-refractivity contribution is -0.137. The maximum atomic E-state index is 12.5. The number of carbonyl (C=O) groups excluding carboxylic acids is 1. The first-order chi connectivity index (χ1) is 10.9. The van der Waals surface area contributed by atoms with Crippen LogP contribution in [0, 0.1) is 13.8 Å². The van der Waals surface area contributed by atoms with E-state index in [9.17, 15) is 4.79 Å². The molecule has 0 aliphatic heterocycles. The van der Waals surface area contributed by atoms with E-state index in [1.54, 1.807) is 18.9 Å². The summed E-state index contributed by atoms with van der Waals surface area (Å²) in [6.45, 7) is 6.18. The summed E-state index contributed by atoms with van der Waals surface area (Å²) in [5, 5.41) is 0.734. The van der Waals surface area contributed by atoms with Crippen LogP contribution in [-0.4, -0.2) is 24.0 Å². The molecule has 0 bridgehead atoms. The second-order valence-corrected chi connectivity index (χ2v) is 6.19. The van der Waals surface area contributed by atoms with Gasteiger partial charge in [-0.2, -0.15) is 0 Å². The zero-order valence-corrected chi connectivity index (χ0v) is 14.7. The van der Waals surface area contributed by atoms with Crippen LogP contribution in [0.15, 0.2) is 42.5 Å². The molecule has 0 radical (unpaired) electrons. The summed E-state index contributed by atoms with van der Waals surface area (Å²) in [6.07, 6.45) is -0.552. The van der Waals surface area contributed by atoms with Crippen molar-refractivity contribution in [3.63, 3.8) is 0 Å². The fourth-order valence-electron chi connectivity index (χ4n) is 2.47. The highest BCUT2D eigenvalue weighted by atomic mass is 35.5. The number of nitrogens with zero attached hydrogens (tertiary/aromatic N) is 1. The lowest BCUT2D eigenvalue weighted by atomic mass is 10.1. The molecule has 0 heterocycles. The predicted octanol–water partition coefficient (Wildman–Crippen LogP) is 4.38. The second-order valence-electron chi connectivity index (χ2n) is 5.81. The normalized spacial score (nSPS) is 11.9. The molecule has 0 saturated heterocycles. The number of benzene rings is 2. The van der Waals surface area contributed by atoms with Gasteiger partial charge < -0.3 is 9.64 Å². The van der Waals surface area contributed by atoms with Crippen LogP contribution < -0.4 is 4.74 Å². The Morgan fingerprint density at radius 1 is 1.17 bits per heavy atom. The Bertz CT molecular complexity index is 662. The third-order valence-corrected chi connectivity index (χ3v) is 4.31. The van der Waals surface area contributed by atoms with Crippen LogP contribution in [0.2, 0.25) is 5.02 Å². The number of amides is 1. The minimum Gasteiger partial charge on any atom is -0.481 e. The molecule has 0 fully saturated rings. The average molecular weight is 332 g/mol. The highest BCUT2D eigenvalue weighted by molar-refractivity contribution is 6.32. The van der Waals surface area contributed by atoms with Gasteiger partial charge >= 0.3 is 0 Å². The Balaban J connectivity index is 2.02. The largest absolute Gasteiger partial charge is 0.481 e. The molecule has 1 atom stereocenters. The molecular formula is C19H22ClNO2. The summed E-state index contributed by atoms with van der Waals surface area (Å²) in [7, 11) is 1.79. The van der Waals surface area contributed by atoms with Crippen LogP contribution >= 0.6 is 11.6 Å². The van der Waals surface area contributed by atoms with Gasteiger partial charge in [-0.15, -0.1) is 0 Å². The SMILES string of the molecule is Cc1cc(OC(C)C(=O)N(C)Cc2ccccc2)cc(C)c1Cl. The molecule has 122 valence electrons. The van der Waals surface area contributed by atoms with Gasteiger partial charge in [0.1, 0.15) is 5.75 Å². The fourth-order valence-corrected chi connectivity index (χ4v) is 2.58. The first kappa shape index (κ1) is 17.4. The summed E-state index contributed by atoms with van der Waals surface area (Å²) >= 11 is 6.16. The smallest absolute Gasteiger partial charge is 0.263 e. The zero-order chi connectivity index (χ0) is 17.0. The van der Waals surface area contributed by atoms with E-state index in [1.807, 2.05) is 56.3 Å². The van der Waals surface area contributed by atoms with E-state index >= 15 is 0 Å². The van der Waals surface area contributed by atoms with Crippen LogP contribution in [0.4, 0.5) is 0 Å². The van der Waals surface area contributed by atoms with Crippen molar-refractivity contribution in [2.75, 3.05) is 7.05 Å². The summed E-state index contributed by atoms with van der Waals surface area (Å²) in [5.41, 5.74) is 2.98. The van der Waals surface area contributed by atoms with Gasteiger partial charge in [0, 0.05) is 18.6 Å². The van der Waals surface area contributed by atoms with E-state index in [0.29, 0.717) is 12.3 Å². The van der Waals surface area contributed by atoms with Gasteiger partial charge in [-0.1, -0.05) is 41.9 Å². The molecule has 1 unspecified atom stereocenters. The molecule has 0 aliphatic carbocycles. The maximum absolute atomic E-state index is 12.5. The molecule has 0 aliphatic rings. The highest BCUT2D eigenvalue weighted by Gasteiger charge is 2.19. The lowest BCUT2D eigenvalue weighted by Gasteiger charge is -2.22. The molecule has 2 aromatic carbocycles. The predicted molar refractivity (Wildman–Crippen MR) is 93.9 cm³/mol. The van der Waals surface area contributed by atoms with Gasteiger partial charge in [-0.3, -0.25) is 4.79 Å². The van der Waals surface area contributed by atoms with Crippen molar-refractivity contribution in [1.82, 2.24) is 4.90 Å². The molecule has 1 amide bonds. The molecule has 0 saturated carbocycles. The number of likely N-dealkylation sites (N-methyl/N-ethyl adjacent to an activating group) is 1. The number of aryl methyl sites for hydroxylation is 2. The van der Waals surface area contributed by atoms with Gasteiger partial charge in [0.05, 0.1) is 0 Å². The molecule has 0 spiro atoms. The number of hydrogen-bond acceptors (Lipinski definition) is 2. The second kappa shape index (κ2) is 7.51. The topological polar surface area (TPSA) is 29.5 Å². The summed E-state index contributed by atoms with van der Waals surface area (Å²) in [5.74, 6) is 0.609. The highest BCUT2D eigenvalue weighted by Crippen LogP contribution is 2.26. The van der Waals surface area contributed by atoms with E-state index in [4.69, 9.17) is 16.3 Å². The van der Waals surface area contributed by atoms with Crippen LogP contribution in [0.1, 0.15) is 23.6 Å². The first-order valence-electron chi connectivity index (χ1n) is 7.60. The summed E-state index contributed by atoms with van der Waals surface area (Å²) < 4.78 is 5.80. The van der Waals surface area contributed by atoms with Gasteiger partial charge in [-0.25, -0.2) is 0 Å².